The number of hydrogen-bond acceptors (Lipinski definition) is 1. The highest BCUT2D eigenvalue weighted by Crippen LogP contribution is 2.36. The van der Waals surface area contributed by atoms with Gasteiger partial charge in [0.25, 0.3) is 0 Å². The molecule has 1 aromatic rings. The Balaban J connectivity index is 2.46. The molecule has 0 bridgehead atoms. The molecule has 0 aromatic heterocycles. The molecular formula is C16H17S-. The first-order valence-corrected chi connectivity index (χ1v) is 6.27. The molecule has 0 N–H and O–H groups in total. The fraction of sp³-hybridized carbons (Fsp3) is 0.250. The zero-order valence-corrected chi connectivity index (χ0v) is 11.3. The van der Waals surface area contributed by atoms with E-state index in [4.69, 9.17) is 12.6 Å². The first-order chi connectivity index (χ1) is 8.00. The molecule has 0 nitrogen and oxygen atoms in total. The van der Waals surface area contributed by atoms with Crippen molar-refractivity contribution in [3.05, 3.63) is 64.6 Å². The van der Waals surface area contributed by atoms with Gasteiger partial charge in [0.05, 0.1) is 0 Å². The highest BCUT2D eigenvalue weighted by atomic mass is 32.1. The van der Waals surface area contributed by atoms with E-state index in [2.05, 4.69) is 63.3 Å². The maximum Gasteiger partial charge on any atom is -0.0129 e. The van der Waals surface area contributed by atoms with Gasteiger partial charge in [-0.1, -0.05) is 69.3 Å². The van der Waals surface area contributed by atoms with E-state index in [1.54, 1.807) is 0 Å². The summed E-state index contributed by atoms with van der Waals surface area (Å²) in [6.45, 7) is 6.49. The molecule has 1 aromatic carbocycles. The van der Waals surface area contributed by atoms with Crippen LogP contribution in [0.4, 0.5) is 0 Å². The van der Waals surface area contributed by atoms with Crippen molar-refractivity contribution in [2.75, 3.05) is 0 Å². The van der Waals surface area contributed by atoms with E-state index in [9.17, 15) is 0 Å². The van der Waals surface area contributed by atoms with Gasteiger partial charge < -0.3 is 12.6 Å². The molecule has 0 heterocycles. The summed E-state index contributed by atoms with van der Waals surface area (Å²) in [7, 11) is 0. The summed E-state index contributed by atoms with van der Waals surface area (Å²) < 4.78 is 0. The molecular weight excluding hydrogens is 224 g/mol. The summed E-state index contributed by atoms with van der Waals surface area (Å²) in [5.41, 5.74) is 3.70. The maximum absolute atomic E-state index is 5.60. The van der Waals surface area contributed by atoms with Crippen LogP contribution in [-0.4, -0.2) is 0 Å². The minimum Gasteiger partial charge on any atom is -0.783 e. The maximum atomic E-state index is 5.60. The van der Waals surface area contributed by atoms with Gasteiger partial charge in [0.15, 0.2) is 0 Å². The molecule has 2 rings (SSSR count). The molecule has 0 amide bonds. The molecule has 0 radical (unpaired) electrons. The van der Waals surface area contributed by atoms with Gasteiger partial charge in [0.1, 0.15) is 0 Å². The SMILES string of the molecule is CC(C)(C)/C([S-])=C1\C=CC=C1c1ccccc1. The molecule has 0 saturated heterocycles. The molecule has 0 atom stereocenters. The zero-order valence-electron chi connectivity index (χ0n) is 10.5. The monoisotopic (exact) mass is 241 g/mol. The molecule has 1 aliphatic rings. The smallest absolute Gasteiger partial charge is 0.0129 e. The molecule has 0 unspecified atom stereocenters. The molecule has 0 aliphatic heterocycles. The van der Waals surface area contributed by atoms with Crippen LogP contribution in [-0.2, 0) is 12.6 Å². The Hall–Kier alpha value is -1.34. The summed E-state index contributed by atoms with van der Waals surface area (Å²) >= 11 is 5.60. The van der Waals surface area contributed by atoms with Crippen molar-refractivity contribution >= 4 is 18.2 Å². The van der Waals surface area contributed by atoms with Gasteiger partial charge in [-0.3, -0.25) is 0 Å². The van der Waals surface area contributed by atoms with Crippen LogP contribution in [0.5, 0.6) is 0 Å². The van der Waals surface area contributed by atoms with Crippen LogP contribution in [0.1, 0.15) is 26.3 Å². The highest BCUT2D eigenvalue weighted by molar-refractivity contribution is 7.63. The molecule has 1 aliphatic carbocycles. The average molecular weight is 241 g/mol. The van der Waals surface area contributed by atoms with E-state index in [-0.39, 0.29) is 5.41 Å². The van der Waals surface area contributed by atoms with Crippen molar-refractivity contribution < 1.29 is 0 Å². The van der Waals surface area contributed by atoms with Crippen LogP contribution >= 0.6 is 0 Å². The fourth-order valence-corrected chi connectivity index (χ4v) is 2.07. The Labute approximate surface area is 109 Å². The van der Waals surface area contributed by atoms with Gasteiger partial charge in [-0.15, -0.1) is 0 Å². The predicted octanol–water partition coefficient (Wildman–Crippen LogP) is 4.49. The van der Waals surface area contributed by atoms with Crippen LogP contribution < -0.4 is 0 Å². The van der Waals surface area contributed by atoms with E-state index < -0.39 is 0 Å². The Bertz CT molecular complexity index is 496. The van der Waals surface area contributed by atoms with Gasteiger partial charge in [-0.25, -0.2) is 0 Å². The van der Waals surface area contributed by atoms with Crippen molar-refractivity contribution in [3.8, 4) is 0 Å². The molecule has 17 heavy (non-hydrogen) atoms. The first kappa shape index (κ1) is 12.1. The third-order valence-electron chi connectivity index (χ3n) is 2.83. The van der Waals surface area contributed by atoms with Crippen LogP contribution in [0.25, 0.3) is 5.57 Å². The predicted molar refractivity (Wildman–Crippen MR) is 77.4 cm³/mol. The summed E-state index contributed by atoms with van der Waals surface area (Å²) in [5.74, 6) is 0. The van der Waals surface area contributed by atoms with Gasteiger partial charge in [-0.2, -0.15) is 4.91 Å². The Morgan fingerprint density at radius 3 is 2.29 bits per heavy atom. The molecule has 0 fully saturated rings. The second-order valence-corrected chi connectivity index (χ2v) is 5.71. The van der Waals surface area contributed by atoms with Crippen molar-refractivity contribution in [3.63, 3.8) is 0 Å². The standard InChI is InChI=1S/C16H18S/c1-16(2,3)15(17)14-11-7-10-13(14)12-8-5-4-6-9-12/h4-11,17H,1-3H3/p-1/b15-14-. The van der Waals surface area contributed by atoms with Crippen molar-refractivity contribution in [1.29, 1.82) is 0 Å². The number of hydrogen-bond donors (Lipinski definition) is 0. The highest BCUT2D eigenvalue weighted by Gasteiger charge is 2.15. The third-order valence-corrected chi connectivity index (χ3v) is 3.66. The average Bonchev–Trinajstić information content (AvgIpc) is 2.76. The van der Waals surface area contributed by atoms with Gasteiger partial charge in [0, 0.05) is 0 Å². The third kappa shape index (κ3) is 2.50. The minimum atomic E-state index is 0.0349. The fourth-order valence-electron chi connectivity index (χ4n) is 1.89. The quantitative estimate of drug-likeness (QED) is 0.653. The summed E-state index contributed by atoms with van der Waals surface area (Å²) in [6, 6.07) is 10.4. The van der Waals surface area contributed by atoms with E-state index >= 15 is 0 Å². The summed E-state index contributed by atoms with van der Waals surface area (Å²) in [6.07, 6.45) is 6.34. The van der Waals surface area contributed by atoms with Gasteiger partial charge >= 0.3 is 0 Å². The Morgan fingerprint density at radius 2 is 1.71 bits per heavy atom. The topological polar surface area (TPSA) is 0 Å². The zero-order chi connectivity index (χ0) is 12.5. The largest absolute Gasteiger partial charge is 0.783 e. The first-order valence-electron chi connectivity index (χ1n) is 5.86. The Morgan fingerprint density at radius 1 is 1.06 bits per heavy atom. The van der Waals surface area contributed by atoms with E-state index in [0.29, 0.717) is 0 Å². The lowest BCUT2D eigenvalue weighted by Gasteiger charge is -2.32. The second-order valence-electron chi connectivity index (χ2n) is 5.30. The van der Waals surface area contributed by atoms with Crippen molar-refractivity contribution in [2.24, 2.45) is 5.41 Å². The molecule has 0 spiro atoms. The normalized spacial score (nSPS) is 18.2. The van der Waals surface area contributed by atoms with Crippen LogP contribution in [0.2, 0.25) is 0 Å². The number of benzene rings is 1. The lowest BCUT2D eigenvalue weighted by Crippen LogP contribution is -2.09. The molecule has 88 valence electrons. The number of rotatable bonds is 1. The Kier molecular flexibility index (Phi) is 3.21. The van der Waals surface area contributed by atoms with E-state index in [1.807, 2.05) is 6.07 Å². The van der Waals surface area contributed by atoms with Gasteiger partial charge in [0.2, 0.25) is 0 Å². The van der Waals surface area contributed by atoms with Crippen LogP contribution in [0, 0.1) is 5.41 Å². The van der Waals surface area contributed by atoms with E-state index in [1.165, 1.54) is 16.7 Å². The lowest BCUT2D eigenvalue weighted by molar-refractivity contribution is 0.532. The number of allylic oxidation sites excluding steroid dienone is 6. The van der Waals surface area contributed by atoms with Crippen LogP contribution in [0.3, 0.4) is 0 Å². The van der Waals surface area contributed by atoms with Crippen LogP contribution in [0.15, 0.2) is 59.0 Å². The minimum absolute atomic E-state index is 0.0349. The summed E-state index contributed by atoms with van der Waals surface area (Å²) in [5, 5.41) is 0. The van der Waals surface area contributed by atoms with Crippen molar-refractivity contribution in [1.82, 2.24) is 0 Å². The molecule has 0 saturated carbocycles. The van der Waals surface area contributed by atoms with Gasteiger partial charge in [-0.05, 0) is 22.1 Å². The second kappa shape index (κ2) is 4.50. The lowest BCUT2D eigenvalue weighted by atomic mass is 9.89. The molecule has 1 heteroatoms. The van der Waals surface area contributed by atoms with E-state index in [0.717, 1.165) is 4.91 Å². The van der Waals surface area contributed by atoms with Crippen molar-refractivity contribution in [2.45, 2.75) is 20.8 Å². The summed E-state index contributed by atoms with van der Waals surface area (Å²) in [4.78, 5) is 1.03.